The third-order valence-corrected chi connectivity index (χ3v) is 28.8. The van der Waals surface area contributed by atoms with Crippen molar-refractivity contribution in [1.29, 1.82) is 0 Å². The van der Waals surface area contributed by atoms with E-state index in [1.165, 1.54) is 222 Å². The molecule has 17 aromatic rings. The van der Waals surface area contributed by atoms with Crippen molar-refractivity contribution < 1.29 is 0 Å². The van der Waals surface area contributed by atoms with E-state index in [0.717, 1.165) is 11.4 Å². The smallest absolute Gasteiger partial charge is 0.0465 e. The lowest BCUT2D eigenvalue weighted by molar-refractivity contribution is 0.659. The molecule has 2 heteroatoms. The molecule has 0 amide bonds. The maximum absolute atomic E-state index is 2.53. The predicted octanol–water partition coefficient (Wildman–Crippen LogP) is 30.9. The summed E-state index contributed by atoms with van der Waals surface area (Å²) in [5.41, 5.74) is 43.1. The van der Waals surface area contributed by atoms with Crippen LogP contribution >= 0.6 is 0 Å². The van der Waals surface area contributed by atoms with Gasteiger partial charge in [0.15, 0.2) is 0 Å². The summed E-state index contributed by atoms with van der Waals surface area (Å²) in [6.45, 7) is 28.8. The Labute approximate surface area is 681 Å². The fourth-order valence-electron chi connectivity index (χ4n) is 22.6. The number of benzene rings is 17. The highest BCUT2D eigenvalue weighted by Crippen LogP contribution is 2.60. The van der Waals surface area contributed by atoms with Crippen molar-refractivity contribution in [3.05, 3.63) is 392 Å². The first-order chi connectivity index (χ1) is 56.0. The van der Waals surface area contributed by atoms with Crippen molar-refractivity contribution in [2.24, 2.45) is 0 Å². The number of hydrogen-bond donors (Lipinski definition) is 0. The van der Waals surface area contributed by atoms with Gasteiger partial charge in [-0.2, -0.15) is 0 Å². The highest BCUT2D eigenvalue weighted by Gasteiger charge is 2.43. The summed E-state index contributed by atoms with van der Waals surface area (Å²) in [6, 6.07) is 117. The van der Waals surface area contributed by atoms with Crippen LogP contribution in [0.4, 0.5) is 34.1 Å². The minimum Gasteiger partial charge on any atom is -0.310 e. The zero-order valence-electron chi connectivity index (χ0n) is 68.1. The average Bonchev–Trinajstić information content (AvgIpc) is 1.09. The van der Waals surface area contributed by atoms with Crippen LogP contribution in [0.1, 0.15) is 172 Å². The Kier molecular flexibility index (Phi) is 14.1. The molecule has 6 aliphatic carbocycles. The van der Waals surface area contributed by atoms with Gasteiger partial charge >= 0.3 is 0 Å². The van der Waals surface area contributed by atoms with E-state index in [9.17, 15) is 0 Å². The van der Waals surface area contributed by atoms with Gasteiger partial charge in [0.05, 0.1) is 0 Å². The second-order valence-electron chi connectivity index (χ2n) is 37.1. The van der Waals surface area contributed by atoms with Crippen molar-refractivity contribution in [2.75, 3.05) is 9.80 Å². The SMILES string of the molecule is CC1(C)c2ccccc2-c2ccc(N(c3ccc4c(c3)C(C)(C)c3ccccc3-4)c3ccc4c(c3)C(C)(C)c3cc(C=Cc5ccc6c7cccc8c(C=Cc9ccc%10c(c9)C(C)(C)c9cc(N(c%11ccc%12c(c%11)C(C)(C)c%11ccccc%11-%12)c%11ccc%12c(c%11)C(C)(C)c%11ccccc%11-%12)ccc9-%10)ccc(c9cccc5c96)c87)ccc3-4)cc21. The molecule has 0 unspecified atom stereocenters. The maximum Gasteiger partial charge on any atom is 0.0465 e. The first-order valence-corrected chi connectivity index (χ1v) is 41.7. The lowest BCUT2D eigenvalue weighted by atomic mass is 9.81. The van der Waals surface area contributed by atoms with Gasteiger partial charge in [-0.25, -0.2) is 0 Å². The molecule has 0 aromatic heterocycles. The fraction of sp³-hybridized carbons (Fsp3) is 0.158. The Balaban J connectivity index is 0.546. The highest BCUT2D eigenvalue weighted by atomic mass is 15.1. The quantitative estimate of drug-likeness (QED) is 0.0765. The van der Waals surface area contributed by atoms with E-state index < -0.39 is 0 Å². The van der Waals surface area contributed by atoms with Crippen molar-refractivity contribution >= 4 is 102 Å². The van der Waals surface area contributed by atoms with Gasteiger partial charge in [0.1, 0.15) is 0 Å². The monoisotopic (exact) mass is 1490 g/mol. The highest BCUT2D eigenvalue weighted by molar-refractivity contribution is 6.34. The molecule has 0 saturated heterocycles. The van der Waals surface area contributed by atoms with E-state index in [-0.39, 0.29) is 32.5 Å². The molecular formula is C114H90N2. The molecule has 116 heavy (non-hydrogen) atoms. The van der Waals surface area contributed by atoms with Gasteiger partial charge in [0.25, 0.3) is 0 Å². The molecule has 17 aromatic carbocycles. The van der Waals surface area contributed by atoms with Gasteiger partial charge < -0.3 is 9.80 Å². The Hall–Kier alpha value is -12.9. The van der Waals surface area contributed by atoms with Crippen molar-refractivity contribution in [2.45, 2.75) is 116 Å². The predicted molar refractivity (Wildman–Crippen MR) is 493 cm³/mol. The Morgan fingerprint density at radius 2 is 0.388 bits per heavy atom. The topological polar surface area (TPSA) is 6.48 Å². The lowest BCUT2D eigenvalue weighted by Crippen LogP contribution is -2.19. The third kappa shape index (κ3) is 9.47. The average molecular weight is 1490 g/mol. The maximum atomic E-state index is 2.53. The van der Waals surface area contributed by atoms with Gasteiger partial charge in [-0.15, -0.1) is 0 Å². The molecule has 0 aliphatic heterocycles. The standard InChI is InChI=1S/C114H90N2/c1-109(2)95-31-17-13-23-79(95)85-53-43-71(61-101(85)109)115(72-44-54-86-80-24-14-18-32-96(80)110(3,4)102(86)62-72)75-47-57-89-83-49-37-67(59-99(83)113(9,10)105(89)65-75)35-39-69-41-51-93-92-30-22-28-78-70(42-52-94(108(78)92)91-29-21-27-77(69)107(91)93)40-36-68-38-50-84-90-58-48-76(66-106(90)114(11,12)100(84)60-68)116(73-45-55-87-81-25-15-19-33-97(81)111(5,6)103(87)63-73)74-46-56-88-82-26-16-20-34-98(82)112(7,8)104(88)64-74/h13-66H,1-12H3. The van der Waals surface area contributed by atoms with E-state index in [4.69, 9.17) is 0 Å². The molecule has 0 saturated carbocycles. The molecular weight excluding hydrogens is 1400 g/mol. The molecule has 2 nitrogen and oxygen atoms in total. The van der Waals surface area contributed by atoms with Crippen LogP contribution in [0.3, 0.4) is 0 Å². The van der Waals surface area contributed by atoms with Crippen LogP contribution in [0.15, 0.2) is 303 Å². The number of fused-ring (bicyclic) bond motifs is 20. The fourth-order valence-corrected chi connectivity index (χ4v) is 22.6. The Morgan fingerprint density at radius 3 is 0.664 bits per heavy atom. The van der Waals surface area contributed by atoms with Gasteiger partial charge in [0, 0.05) is 66.6 Å². The van der Waals surface area contributed by atoms with Crippen molar-refractivity contribution in [3.8, 4) is 66.8 Å². The normalized spacial score (nSPS) is 16.1. The first-order valence-electron chi connectivity index (χ1n) is 41.7. The van der Waals surface area contributed by atoms with E-state index in [2.05, 4.69) is 421 Å². The van der Waals surface area contributed by atoms with Crippen LogP contribution in [0.5, 0.6) is 0 Å². The lowest BCUT2D eigenvalue weighted by Gasteiger charge is -2.31. The summed E-state index contributed by atoms with van der Waals surface area (Å²) in [5.74, 6) is 0. The molecule has 0 radical (unpaired) electrons. The van der Waals surface area contributed by atoms with Crippen LogP contribution in [-0.4, -0.2) is 0 Å². The molecule has 0 fully saturated rings. The van der Waals surface area contributed by atoms with Crippen LogP contribution in [0.25, 0.3) is 134 Å². The number of anilines is 6. The molecule has 0 spiro atoms. The summed E-state index contributed by atoms with van der Waals surface area (Å²) < 4.78 is 0. The summed E-state index contributed by atoms with van der Waals surface area (Å²) in [7, 11) is 0. The first kappa shape index (κ1) is 68.7. The summed E-state index contributed by atoms with van der Waals surface area (Å²) >= 11 is 0. The second-order valence-corrected chi connectivity index (χ2v) is 37.1. The molecule has 0 atom stereocenters. The zero-order chi connectivity index (χ0) is 78.6. The summed E-state index contributed by atoms with van der Waals surface area (Å²) in [4.78, 5) is 5.06. The van der Waals surface area contributed by atoms with Crippen LogP contribution in [0, 0.1) is 0 Å². The van der Waals surface area contributed by atoms with Gasteiger partial charge in [-0.05, 0) is 272 Å². The Bertz CT molecular complexity index is 6610. The molecule has 23 rings (SSSR count). The van der Waals surface area contributed by atoms with E-state index >= 15 is 0 Å². The largest absolute Gasteiger partial charge is 0.310 e. The number of rotatable bonds is 10. The third-order valence-electron chi connectivity index (χ3n) is 28.8. The van der Waals surface area contributed by atoms with Gasteiger partial charge in [-0.3, -0.25) is 0 Å². The van der Waals surface area contributed by atoms with Gasteiger partial charge in [0.2, 0.25) is 0 Å². The molecule has 6 aliphatic rings. The van der Waals surface area contributed by atoms with E-state index in [0.29, 0.717) is 0 Å². The Morgan fingerprint density at radius 1 is 0.172 bits per heavy atom. The minimum absolute atomic E-state index is 0.140. The van der Waals surface area contributed by atoms with Crippen molar-refractivity contribution in [1.82, 2.24) is 0 Å². The molecule has 556 valence electrons. The summed E-state index contributed by atoms with van der Waals surface area (Å²) in [6.07, 6.45) is 9.37. The second kappa shape index (κ2) is 23.9. The molecule has 0 bridgehead atoms. The summed E-state index contributed by atoms with van der Waals surface area (Å²) in [5, 5.41) is 10.3. The van der Waals surface area contributed by atoms with E-state index in [1.54, 1.807) is 0 Å². The molecule has 0 heterocycles. The number of nitrogens with zero attached hydrogens (tertiary/aromatic N) is 2. The van der Waals surface area contributed by atoms with E-state index in [1.807, 2.05) is 0 Å². The van der Waals surface area contributed by atoms with Crippen molar-refractivity contribution in [3.63, 3.8) is 0 Å². The minimum atomic E-state index is -0.263. The van der Waals surface area contributed by atoms with Gasteiger partial charge in [-0.1, -0.05) is 338 Å². The zero-order valence-corrected chi connectivity index (χ0v) is 68.1. The van der Waals surface area contributed by atoms with Crippen LogP contribution < -0.4 is 9.80 Å². The van der Waals surface area contributed by atoms with Crippen LogP contribution in [0.2, 0.25) is 0 Å². The van der Waals surface area contributed by atoms with Crippen LogP contribution in [-0.2, 0) is 32.5 Å². The number of hydrogen-bond acceptors (Lipinski definition) is 2. The molecule has 0 N–H and O–H groups in total.